The van der Waals surface area contributed by atoms with E-state index in [1.54, 1.807) is 23.9 Å². The van der Waals surface area contributed by atoms with Gasteiger partial charge in [0.1, 0.15) is 0 Å². The third-order valence-electron chi connectivity index (χ3n) is 1.48. The van der Waals surface area contributed by atoms with Crippen LogP contribution in [0.5, 0.6) is 0 Å². The molecule has 0 aromatic heterocycles. The molecule has 0 atom stereocenters. The van der Waals surface area contributed by atoms with E-state index in [0.29, 0.717) is 10.6 Å². The fourth-order valence-corrected chi connectivity index (χ4v) is 1.78. The Balaban J connectivity index is 2.97. The normalized spacial score (nSPS) is 9.42. The summed E-state index contributed by atoms with van der Waals surface area (Å²) >= 11 is 7.64. The minimum absolute atomic E-state index is 0.616. The molecule has 0 heterocycles. The molecule has 0 saturated carbocycles. The van der Waals surface area contributed by atoms with Gasteiger partial charge in [0, 0.05) is 10.8 Å². The quantitative estimate of drug-likeness (QED) is 0.728. The van der Waals surface area contributed by atoms with E-state index in [1.807, 2.05) is 18.4 Å². The second-order valence-corrected chi connectivity index (χ2v) is 3.62. The van der Waals surface area contributed by atoms with Gasteiger partial charge in [-0.1, -0.05) is 17.7 Å². The zero-order chi connectivity index (χ0) is 8.97. The van der Waals surface area contributed by atoms with Gasteiger partial charge in [0.05, 0.1) is 11.6 Å². The zero-order valence-electron chi connectivity index (χ0n) is 6.67. The molecule has 1 aromatic carbocycles. The average molecular weight is 198 g/mol. The molecule has 0 aliphatic carbocycles. The van der Waals surface area contributed by atoms with Crippen LogP contribution >= 0.6 is 23.4 Å². The largest absolute Gasteiger partial charge is 0.192 e. The molecule has 62 valence electrons. The van der Waals surface area contributed by atoms with Gasteiger partial charge in [-0.2, -0.15) is 17.0 Å². The van der Waals surface area contributed by atoms with Crippen LogP contribution in [0.3, 0.4) is 0 Å². The van der Waals surface area contributed by atoms with Crippen molar-refractivity contribution in [2.24, 2.45) is 0 Å². The monoisotopic (exact) mass is 197 g/mol. The first-order valence-electron chi connectivity index (χ1n) is 3.45. The summed E-state index contributed by atoms with van der Waals surface area (Å²) in [6, 6.07) is 7.44. The van der Waals surface area contributed by atoms with Crippen LogP contribution < -0.4 is 0 Å². The lowest BCUT2D eigenvalue weighted by Gasteiger charge is -2.00. The summed E-state index contributed by atoms with van der Waals surface area (Å²) in [6.45, 7) is 0. The fraction of sp³-hybridized carbons (Fsp3) is 0.222. The van der Waals surface area contributed by atoms with E-state index in [2.05, 4.69) is 0 Å². The predicted molar refractivity (Wildman–Crippen MR) is 53.4 cm³/mol. The van der Waals surface area contributed by atoms with Crippen molar-refractivity contribution in [2.45, 2.75) is 5.75 Å². The first kappa shape index (κ1) is 9.44. The van der Waals surface area contributed by atoms with Gasteiger partial charge in [0.15, 0.2) is 0 Å². The number of hydrogen-bond donors (Lipinski definition) is 0. The maximum absolute atomic E-state index is 8.57. The molecular weight excluding hydrogens is 190 g/mol. The van der Waals surface area contributed by atoms with Crippen LogP contribution in [0.4, 0.5) is 0 Å². The van der Waals surface area contributed by atoms with Crippen molar-refractivity contribution >= 4 is 23.4 Å². The van der Waals surface area contributed by atoms with Crippen LogP contribution in [0.2, 0.25) is 5.02 Å². The van der Waals surface area contributed by atoms with E-state index < -0.39 is 0 Å². The number of nitriles is 1. The Morgan fingerprint density at radius 2 is 2.33 bits per heavy atom. The highest BCUT2D eigenvalue weighted by Crippen LogP contribution is 2.21. The first-order chi connectivity index (χ1) is 5.77. The van der Waals surface area contributed by atoms with Gasteiger partial charge in [0.2, 0.25) is 0 Å². The Morgan fingerprint density at radius 1 is 1.58 bits per heavy atom. The lowest BCUT2D eigenvalue weighted by atomic mass is 10.2. The van der Waals surface area contributed by atoms with Crippen molar-refractivity contribution in [3.8, 4) is 6.07 Å². The van der Waals surface area contributed by atoms with Crippen LogP contribution in [0, 0.1) is 11.3 Å². The summed E-state index contributed by atoms with van der Waals surface area (Å²) in [4.78, 5) is 0. The highest BCUT2D eigenvalue weighted by atomic mass is 35.5. The first-order valence-corrected chi connectivity index (χ1v) is 5.22. The van der Waals surface area contributed by atoms with Crippen molar-refractivity contribution < 1.29 is 0 Å². The molecule has 0 saturated heterocycles. The lowest BCUT2D eigenvalue weighted by molar-refractivity contribution is 1.39. The molecule has 1 aromatic rings. The molecule has 0 unspecified atom stereocenters. The van der Waals surface area contributed by atoms with E-state index in [-0.39, 0.29) is 0 Å². The summed E-state index contributed by atoms with van der Waals surface area (Å²) in [7, 11) is 0. The highest BCUT2D eigenvalue weighted by Gasteiger charge is 1.99. The van der Waals surface area contributed by atoms with Gasteiger partial charge >= 0.3 is 0 Å². The van der Waals surface area contributed by atoms with Crippen LogP contribution in [0.15, 0.2) is 18.2 Å². The van der Waals surface area contributed by atoms with E-state index in [0.717, 1.165) is 11.3 Å². The number of benzene rings is 1. The minimum Gasteiger partial charge on any atom is -0.192 e. The van der Waals surface area contributed by atoms with E-state index >= 15 is 0 Å². The maximum atomic E-state index is 8.57. The maximum Gasteiger partial charge on any atom is 0.0992 e. The Kier molecular flexibility index (Phi) is 3.46. The standard InChI is InChI=1S/C9H8ClNS/c1-12-6-8-3-2-7(5-11)4-9(8)10/h2-4H,6H2,1H3. The highest BCUT2D eigenvalue weighted by molar-refractivity contribution is 7.97. The SMILES string of the molecule is CSCc1ccc(C#N)cc1Cl. The van der Waals surface area contributed by atoms with Gasteiger partial charge in [-0.05, 0) is 24.0 Å². The van der Waals surface area contributed by atoms with Crippen molar-refractivity contribution in [3.63, 3.8) is 0 Å². The van der Waals surface area contributed by atoms with Crippen molar-refractivity contribution in [1.82, 2.24) is 0 Å². The summed E-state index contributed by atoms with van der Waals surface area (Å²) < 4.78 is 0. The van der Waals surface area contributed by atoms with Crippen molar-refractivity contribution in [3.05, 3.63) is 34.3 Å². The zero-order valence-corrected chi connectivity index (χ0v) is 8.25. The Labute approximate surface area is 81.3 Å². The summed E-state index contributed by atoms with van der Waals surface area (Å²) in [5.74, 6) is 0.893. The molecule has 0 spiro atoms. The topological polar surface area (TPSA) is 23.8 Å². The van der Waals surface area contributed by atoms with E-state index in [9.17, 15) is 0 Å². The Morgan fingerprint density at radius 3 is 2.83 bits per heavy atom. The molecule has 0 N–H and O–H groups in total. The number of thioether (sulfide) groups is 1. The number of rotatable bonds is 2. The fourth-order valence-electron chi connectivity index (χ4n) is 0.889. The molecule has 0 radical (unpaired) electrons. The number of halogens is 1. The molecule has 0 bridgehead atoms. The third-order valence-corrected chi connectivity index (χ3v) is 2.43. The molecule has 12 heavy (non-hydrogen) atoms. The molecular formula is C9H8ClNS. The van der Waals surface area contributed by atoms with Crippen molar-refractivity contribution in [1.29, 1.82) is 5.26 Å². The van der Waals surface area contributed by atoms with Crippen LogP contribution in [0.1, 0.15) is 11.1 Å². The minimum atomic E-state index is 0.616. The lowest BCUT2D eigenvalue weighted by Crippen LogP contribution is -1.83. The second-order valence-electron chi connectivity index (χ2n) is 2.35. The predicted octanol–water partition coefficient (Wildman–Crippen LogP) is 3.07. The molecule has 0 fully saturated rings. The average Bonchev–Trinajstić information content (AvgIpc) is 2.09. The Bertz CT molecular complexity index is 317. The number of hydrogen-bond acceptors (Lipinski definition) is 2. The van der Waals surface area contributed by atoms with Gasteiger partial charge < -0.3 is 0 Å². The summed E-state index contributed by atoms with van der Waals surface area (Å²) in [5, 5.41) is 9.25. The second kappa shape index (κ2) is 4.39. The van der Waals surface area contributed by atoms with Crippen LogP contribution in [0.25, 0.3) is 0 Å². The van der Waals surface area contributed by atoms with Gasteiger partial charge in [-0.3, -0.25) is 0 Å². The molecule has 0 amide bonds. The smallest absolute Gasteiger partial charge is 0.0992 e. The molecule has 0 aliphatic heterocycles. The molecule has 1 rings (SSSR count). The van der Waals surface area contributed by atoms with E-state index in [1.165, 1.54) is 0 Å². The van der Waals surface area contributed by atoms with Gasteiger partial charge in [-0.25, -0.2) is 0 Å². The van der Waals surface area contributed by atoms with E-state index in [4.69, 9.17) is 16.9 Å². The summed E-state index contributed by atoms with van der Waals surface area (Å²) in [6.07, 6.45) is 2.02. The Hall–Kier alpha value is -0.650. The molecule has 3 heteroatoms. The van der Waals surface area contributed by atoms with Crippen LogP contribution in [-0.2, 0) is 5.75 Å². The van der Waals surface area contributed by atoms with Gasteiger partial charge in [0.25, 0.3) is 0 Å². The third kappa shape index (κ3) is 2.17. The summed E-state index contributed by atoms with van der Waals surface area (Å²) in [5.41, 5.74) is 1.70. The van der Waals surface area contributed by atoms with Crippen molar-refractivity contribution in [2.75, 3.05) is 6.26 Å². The number of nitrogens with zero attached hydrogens (tertiary/aromatic N) is 1. The molecule has 1 nitrogen and oxygen atoms in total. The molecule has 0 aliphatic rings. The van der Waals surface area contributed by atoms with Crippen LogP contribution in [-0.4, -0.2) is 6.26 Å². The van der Waals surface area contributed by atoms with Gasteiger partial charge in [-0.15, -0.1) is 0 Å².